The molecule has 3 aromatic carbocycles. The van der Waals surface area contributed by atoms with Gasteiger partial charge in [0.1, 0.15) is 0 Å². The molecule has 0 bridgehead atoms. The molecule has 200 valence electrons. The number of rotatable bonds is 8. The monoisotopic (exact) mass is 602 g/mol. The van der Waals surface area contributed by atoms with Crippen LogP contribution in [0.4, 0.5) is 0 Å². The molecule has 0 aliphatic heterocycles. The van der Waals surface area contributed by atoms with Gasteiger partial charge >= 0.3 is 240 Å². The molecule has 0 saturated heterocycles. The van der Waals surface area contributed by atoms with E-state index in [-0.39, 0.29) is 0 Å². The van der Waals surface area contributed by atoms with Crippen LogP contribution in [0, 0.1) is 20.8 Å². The quantitative estimate of drug-likeness (QED) is 0.196. The molecule has 0 spiro atoms. The van der Waals surface area contributed by atoms with E-state index in [1.165, 1.54) is 27.5 Å². The Bertz CT molecular complexity index is 1310. The van der Waals surface area contributed by atoms with Gasteiger partial charge in [-0.1, -0.05) is 0 Å². The van der Waals surface area contributed by atoms with Crippen molar-refractivity contribution in [2.45, 2.75) is 71.3 Å². The van der Waals surface area contributed by atoms with Crippen molar-refractivity contribution < 1.29 is 4.74 Å². The van der Waals surface area contributed by atoms with Crippen molar-refractivity contribution in [3.05, 3.63) is 101 Å². The molecule has 0 unspecified atom stereocenters. The molecule has 0 amide bonds. The van der Waals surface area contributed by atoms with E-state index in [9.17, 15) is 0 Å². The molecule has 4 heteroatoms. The topological polar surface area (TPSA) is 9.23 Å². The summed E-state index contributed by atoms with van der Waals surface area (Å²) in [6.45, 7) is 19.2. The van der Waals surface area contributed by atoms with Crippen LogP contribution in [0.2, 0.25) is 23.4 Å². The fraction of sp³-hybridized carbons (Fsp3) is 0.353. The fourth-order valence-corrected chi connectivity index (χ4v) is 23.3. The predicted molar refractivity (Wildman–Crippen MR) is 174 cm³/mol. The van der Waals surface area contributed by atoms with Gasteiger partial charge in [0.2, 0.25) is 0 Å². The Balaban J connectivity index is 1.96. The van der Waals surface area contributed by atoms with Crippen molar-refractivity contribution in [3.8, 4) is 5.75 Å². The minimum atomic E-state index is -3.06. The zero-order valence-corrected chi connectivity index (χ0v) is 28.7. The third-order valence-electron chi connectivity index (χ3n) is 8.83. The van der Waals surface area contributed by atoms with Gasteiger partial charge in [0, 0.05) is 0 Å². The minimum absolute atomic E-state index is 0.314. The summed E-state index contributed by atoms with van der Waals surface area (Å²) < 4.78 is 11.9. The molecule has 4 aromatic rings. The standard InChI is InChI=1S/C34H44GeOSSi/c1-25-10-16-29(17-11-25)35(30-18-12-26(2)13-19-30,23-22-28-14-20-31(36-7)21-15-28)33-27(3)24-32(37-33)38(8,9)34(4,5)6/h10-21,24H,22-23H2,1-9H3. The first-order valence-electron chi connectivity index (χ1n) is 13.8. The molecule has 0 aliphatic rings. The summed E-state index contributed by atoms with van der Waals surface area (Å²) in [6, 6.07) is 30.4. The zero-order valence-electron chi connectivity index (χ0n) is 24.7. The normalized spacial score (nSPS) is 12.6. The van der Waals surface area contributed by atoms with E-state index in [1.807, 2.05) is 0 Å². The second-order valence-corrected chi connectivity index (χ2v) is 28.3. The van der Waals surface area contributed by atoms with E-state index >= 15 is 0 Å². The summed E-state index contributed by atoms with van der Waals surface area (Å²) in [4.78, 5) is 0. The molecule has 0 fully saturated rings. The average Bonchev–Trinajstić information content (AvgIpc) is 3.28. The SMILES string of the molecule is COc1ccc(C[CH2][Ge]([c]2ccc(C)cc2)([c]2ccc(C)cc2)[c]2sc([Si](C)(C)C(C)(C)C)cc2C)cc1. The molecule has 0 aliphatic carbocycles. The maximum atomic E-state index is 5.44. The Morgan fingerprint density at radius 3 is 1.71 bits per heavy atom. The van der Waals surface area contributed by atoms with Crippen LogP contribution < -0.4 is 21.7 Å². The Hall–Kier alpha value is -2.08. The maximum absolute atomic E-state index is 5.44. The fourth-order valence-electron chi connectivity index (χ4n) is 5.21. The van der Waals surface area contributed by atoms with Gasteiger partial charge in [-0.05, 0) is 0 Å². The van der Waals surface area contributed by atoms with E-state index in [4.69, 9.17) is 4.74 Å². The number of hydrogen-bond acceptors (Lipinski definition) is 2. The van der Waals surface area contributed by atoms with Crippen LogP contribution in [-0.4, -0.2) is 28.4 Å². The van der Waals surface area contributed by atoms with Crippen molar-refractivity contribution in [2.75, 3.05) is 7.11 Å². The predicted octanol–water partition coefficient (Wildman–Crippen LogP) is 7.11. The summed E-state index contributed by atoms with van der Waals surface area (Å²) >= 11 is -0.897. The van der Waals surface area contributed by atoms with E-state index in [0.717, 1.165) is 12.2 Å². The Morgan fingerprint density at radius 2 is 1.26 bits per heavy atom. The molecule has 0 atom stereocenters. The van der Waals surface area contributed by atoms with Gasteiger partial charge in [0.25, 0.3) is 0 Å². The van der Waals surface area contributed by atoms with Gasteiger partial charge in [-0.3, -0.25) is 0 Å². The van der Waals surface area contributed by atoms with Crippen molar-refractivity contribution in [1.82, 2.24) is 0 Å². The number of ether oxygens (including phenoxy) is 1. The van der Waals surface area contributed by atoms with Crippen LogP contribution in [-0.2, 0) is 6.42 Å². The van der Waals surface area contributed by atoms with Gasteiger partial charge < -0.3 is 0 Å². The number of hydrogen-bond donors (Lipinski definition) is 0. The number of methoxy groups -OCH3 is 1. The summed E-state index contributed by atoms with van der Waals surface area (Å²) in [6.07, 6.45) is 1.07. The first-order chi connectivity index (χ1) is 17.9. The van der Waals surface area contributed by atoms with Crippen molar-refractivity contribution in [1.29, 1.82) is 0 Å². The van der Waals surface area contributed by atoms with Crippen LogP contribution in [0.1, 0.15) is 43.0 Å². The van der Waals surface area contributed by atoms with Gasteiger partial charge in [0.05, 0.1) is 0 Å². The third kappa shape index (κ3) is 5.61. The molecular formula is C34H44GeOSSi. The molecule has 1 heterocycles. The summed E-state index contributed by atoms with van der Waals surface area (Å²) in [5.41, 5.74) is 5.55. The van der Waals surface area contributed by atoms with E-state index in [1.54, 1.807) is 24.1 Å². The summed E-state index contributed by atoms with van der Waals surface area (Å²) in [7, 11) is 0.0868. The van der Waals surface area contributed by atoms with Crippen LogP contribution in [0.15, 0.2) is 78.9 Å². The Morgan fingerprint density at radius 1 is 0.763 bits per heavy atom. The summed E-state index contributed by atoms with van der Waals surface area (Å²) in [5, 5.41) is 1.50. The van der Waals surface area contributed by atoms with Crippen molar-refractivity contribution >= 4 is 49.7 Å². The molecule has 0 N–H and O–H groups in total. The van der Waals surface area contributed by atoms with Crippen molar-refractivity contribution in [3.63, 3.8) is 0 Å². The van der Waals surface area contributed by atoms with Crippen LogP contribution in [0.25, 0.3) is 0 Å². The molecule has 1 nitrogen and oxygen atoms in total. The van der Waals surface area contributed by atoms with Crippen LogP contribution in [0.3, 0.4) is 0 Å². The molecule has 4 rings (SSSR count). The van der Waals surface area contributed by atoms with E-state index < -0.39 is 21.3 Å². The van der Waals surface area contributed by atoms with Crippen LogP contribution in [0.5, 0.6) is 5.75 Å². The first kappa shape index (κ1) is 28.9. The van der Waals surface area contributed by atoms with E-state index in [0.29, 0.717) is 5.04 Å². The zero-order chi connectivity index (χ0) is 27.7. The second-order valence-electron chi connectivity index (χ2n) is 12.5. The van der Waals surface area contributed by atoms with Gasteiger partial charge in [-0.2, -0.15) is 0 Å². The number of aryl methyl sites for hydroxylation is 4. The number of benzene rings is 3. The van der Waals surface area contributed by atoms with Gasteiger partial charge in [-0.15, -0.1) is 0 Å². The van der Waals surface area contributed by atoms with E-state index in [2.05, 4.69) is 145 Å². The number of thiophene rings is 1. The molecular weight excluding hydrogens is 557 g/mol. The molecule has 0 radical (unpaired) electrons. The van der Waals surface area contributed by atoms with Crippen molar-refractivity contribution in [2.24, 2.45) is 0 Å². The van der Waals surface area contributed by atoms with Crippen LogP contribution >= 0.6 is 11.3 Å². The third-order valence-corrected chi connectivity index (χ3v) is 29.2. The molecule has 38 heavy (non-hydrogen) atoms. The average molecular weight is 601 g/mol. The first-order valence-corrected chi connectivity index (χ1v) is 22.2. The Labute approximate surface area is 238 Å². The Kier molecular flexibility index (Phi) is 8.52. The molecule has 1 aromatic heterocycles. The molecule has 0 saturated carbocycles. The summed E-state index contributed by atoms with van der Waals surface area (Å²) in [5.74, 6) is 0.923. The second kappa shape index (κ2) is 11.2. The van der Waals surface area contributed by atoms with Gasteiger partial charge in [0.15, 0.2) is 0 Å². The van der Waals surface area contributed by atoms with Gasteiger partial charge in [-0.25, -0.2) is 0 Å².